The van der Waals surface area contributed by atoms with Gasteiger partial charge in [0.1, 0.15) is 0 Å². The van der Waals surface area contributed by atoms with Crippen molar-refractivity contribution in [3.8, 4) is 0 Å². The maximum absolute atomic E-state index is 12.6. The topological polar surface area (TPSA) is 75.8 Å². The van der Waals surface area contributed by atoms with Gasteiger partial charge in [-0.25, -0.2) is 0 Å². The largest absolute Gasteiger partial charge is 0.388 e. The predicted molar refractivity (Wildman–Crippen MR) is 77.1 cm³/mol. The van der Waals surface area contributed by atoms with Crippen molar-refractivity contribution in [3.63, 3.8) is 0 Å². The summed E-state index contributed by atoms with van der Waals surface area (Å²) >= 11 is 0. The monoisotopic (exact) mass is 284 g/mol. The molecule has 1 heterocycles. The van der Waals surface area contributed by atoms with E-state index in [1.165, 1.54) is 0 Å². The number of rotatable bonds is 3. The second kappa shape index (κ2) is 6.41. The summed E-state index contributed by atoms with van der Waals surface area (Å²) in [5.41, 5.74) is 5.40. The summed E-state index contributed by atoms with van der Waals surface area (Å²) < 4.78 is 5.27. The van der Waals surface area contributed by atoms with Crippen LogP contribution in [0, 0.1) is 11.8 Å². The van der Waals surface area contributed by atoms with Crippen LogP contribution in [0.25, 0.3) is 0 Å². The van der Waals surface area contributed by atoms with Gasteiger partial charge in [0.25, 0.3) is 0 Å². The van der Waals surface area contributed by atoms with E-state index < -0.39 is 5.60 Å². The van der Waals surface area contributed by atoms with Crippen LogP contribution in [-0.4, -0.2) is 54.4 Å². The number of ether oxygens (including phenoxy) is 1. The molecule has 3 N–H and O–H groups in total. The minimum atomic E-state index is -0.799. The van der Waals surface area contributed by atoms with E-state index in [4.69, 9.17) is 10.5 Å². The van der Waals surface area contributed by atoms with E-state index in [1.54, 1.807) is 11.9 Å². The summed E-state index contributed by atoms with van der Waals surface area (Å²) in [7, 11) is 1.78. The van der Waals surface area contributed by atoms with Crippen LogP contribution in [-0.2, 0) is 9.53 Å². The summed E-state index contributed by atoms with van der Waals surface area (Å²) in [6.45, 7) is 3.64. The predicted octanol–water partition coefficient (Wildman–Crippen LogP) is 0.750. The van der Waals surface area contributed by atoms with Gasteiger partial charge in [-0.05, 0) is 18.8 Å². The second-order valence-electron chi connectivity index (χ2n) is 6.62. The number of amides is 1. The van der Waals surface area contributed by atoms with Crippen molar-refractivity contribution in [1.82, 2.24) is 4.90 Å². The summed E-state index contributed by atoms with van der Waals surface area (Å²) in [6.07, 6.45) is 4.23. The van der Waals surface area contributed by atoms with Gasteiger partial charge in [-0.1, -0.05) is 13.3 Å². The molecule has 5 heteroatoms. The SMILES string of the molecule is CC1CCCC(C(=O)N(C)CC2(O)CCOCC2)C1N. The van der Waals surface area contributed by atoms with Crippen LogP contribution >= 0.6 is 0 Å². The molecule has 0 radical (unpaired) electrons. The Kier molecular flexibility index (Phi) is 5.04. The Balaban J connectivity index is 1.94. The zero-order chi connectivity index (χ0) is 14.8. The lowest BCUT2D eigenvalue weighted by Gasteiger charge is -2.39. The number of carbonyl (C=O) groups excluding carboxylic acids is 1. The van der Waals surface area contributed by atoms with Gasteiger partial charge >= 0.3 is 0 Å². The number of hydrogen-bond donors (Lipinski definition) is 2. The normalized spacial score (nSPS) is 33.7. The standard InChI is InChI=1S/C15H28N2O3/c1-11-4-3-5-12(13(11)16)14(18)17(2)10-15(19)6-8-20-9-7-15/h11-13,19H,3-10,16H2,1-2H3. The first-order valence-corrected chi connectivity index (χ1v) is 7.74. The minimum absolute atomic E-state index is 0.0527. The molecule has 116 valence electrons. The fourth-order valence-electron chi connectivity index (χ4n) is 3.44. The maximum Gasteiger partial charge on any atom is 0.227 e. The smallest absolute Gasteiger partial charge is 0.227 e. The van der Waals surface area contributed by atoms with E-state index in [9.17, 15) is 9.90 Å². The van der Waals surface area contributed by atoms with Gasteiger partial charge in [-0.2, -0.15) is 0 Å². The van der Waals surface area contributed by atoms with Gasteiger partial charge in [0.15, 0.2) is 0 Å². The van der Waals surface area contributed by atoms with Crippen molar-refractivity contribution < 1.29 is 14.6 Å². The van der Waals surface area contributed by atoms with E-state index in [0.29, 0.717) is 38.5 Å². The lowest BCUT2D eigenvalue weighted by atomic mass is 9.77. The molecule has 0 bridgehead atoms. The maximum atomic E-state index is 12.6. The van der Waals surface area contributed by atoms with Crippen molar-refractivity contribution >= 4 is 5.91 Å². The highest BCUT2D eigenvalue weighted by Gasteiger charge is 2.37. The van der Waals surface area contributed by atoms with Crippen molar-refractivity contribution in [3.05, 3.63) is 0 Å². The van der Waals surface area contributed by atoms with E-state index >= 15 is 0 Å². The van der Waals surface area contributed by atoms with Crippen LogP contribution in [0.5, 0.6) is 0 Å². The zero-order valence-electron chi connectivity index (χ0n) is 12.7. The molecule has 5 nitrogen and oxygen atoms in total. The highest BCUT2D eigenvalue weighted by Crippen LogP contribution is 2.30. The third-order valence-electron chi connectivity index (χ3n) is 4.94. The number of aliphatic hydroxyl groups is 1. The lowest BCUT2D eigenvalue weighted by molar-refractivity contribution is -0.143. The third kappa shape index (κ3) is 3.51. The van der Waals surface area contributed by atoms with Gasteiger partial charge in [0, 0.05) is 45.7 Å². The average molecular weight is 284 g/mol. The van der Waals surface area contributed by atoms with Crippen molar-refractivity contribution in [2.75, 3.05) is 26.8 Å². The molecule has 2 aliphatic rings. The first kappa shape index (κ1) is 15.7. The molecule has 2 rings (SSSR count). The van der Waals surface area contributed by atoms with Crippen molar-refractivity contribution in [2.45, 2.75) is 50.7 Å². The Hall–Kier alpha value is -0.650. The van der Waals surface area contributed by atoms with Gasteiger partial charge in [-0.15, -0.1) is 0 Å². The molecule has 1 saturated carbocycles. The summed E-state index contributed by atoms with van der Waals surface area (Å²) in [6, 6.07) is -0.0527. The quantitative estimate of drug-likeness (QED) is 0.802. The van der Waals surface area contributed by atoms with Crippen LogP contribution in [0.15, 0.2) is 0 Å². The molecular formula is C15H28N2O3. The van der Waals surface area contributed by atoms with E-state index in [2.05, 4.69) is 6.92 Å². The molecule has 3 atom stereocenters. The average Bonchev–Trinajstić information content (AvgIpc) is 2.41. The van der Waals surface area contributed by atoms with E-state index in [0.717, 1.165) is 19.3 Å². The Morgan fingerprint density at radius 1 is 1.40 bits per heavy atom. The third-order valence-corrected chi connectivity index (χ3v) is 4.94. The van der Waals surface area contributed by atoms with Crippen LogP contribution < -0.4 is 5.73 Å². The molecule has 0 aromatic carbocycles. The van der Waals surface area contributed by atoms with Crippen LogP contribution in [0.2, 0.25) is 0 Å². The second-order valence-corrected chi connectivity index (χ2v) is 6.62. The number of nitrogens with two attached hydrogens (primary N) is 1. The molecule has 0 spiro atoms. The van der Waals surface area contributed by atoms with Crippen LogP contribution in [0.3, 0.4) is 0 Å². The summed E-state index contributed by atoms with van der Waals surface area (Å²) in [5.74, 6) is 0.397. The molecule has 1 aliphatic carbocycles. The molecule has 2 fully saturated rings. The molecule has 1 amide bonds. The molecule has 1 saturated heterocycles. The number of nitrogens with zero attached hydrogens (tertiary/aromatic N) is 1. The molecule has 1 aliphatic heterocycles. The minimum Gasteiger partial charge on any atom is -0.388 e. The van der Waals surface area contributed by atoms with Crippen molar-refractivity contribution in [1.29, 1.82) is 0 Å². The van der Waals surface area contributed by atoms with Gasteiger partial charge in [0.2, 0.25) is 5.91 Å². The Morgan fingerprint density at radius 2 is 2.05 bits per heavy atom. The van der Waals surface area contributed by atoms with E-state index in [1.807, 2.05) is 0 Å². The highest BCUT2D eigenvalue weighted by molar-refractivity contribution is 5.79. The van der Waals surface area contributed by atoms with Gasteiger partial charge in [-0.3, -0.25) is 4.79 Å². The van der Waals surface area contributed by atoms with E-state index in [-0.39, 0.29) is 17.9 Å². The van der Waals surface area contributed by atoms with Crippen molar-refractivity contribution in [2.24, 2.45) is 17.6 Å². The van der Waals surface area contributed by atoms with Crippen LogP contribution in [0.1, 0.15) is 39.0 Å². The number of hydrogen-bond acceptors (Lipinski definition) is 4. The van der Waals surface area contributed by atoms with Gasteiger partial charge < -0.3 is 20.5 Å². The lowest BCUT2D eigenvalue weighted by Crippen LogP contribution is -2.52. The molecule has 0 aromatic heterocycles. The number of likely N-dealkylation sites (N-methyl/N-ethyl adjacent to an activating group) is 1. The van der Waals surface area contributed by atoms with Crippen LogP contribution in [0.4, 0.5) is 0 Å². The first-order valence-electron chi connectivity index (χ1n) is 7.74. The molecule has 0 aromatic rings. The first-order chi connectivity index (χ1) is 9.43. The Bertz CT molecular complexity index is 342. The van der Waals surface area contributed by atoms with Gasteiger partial charge in [0.05, 0.1) is 11.5 Å². The molecular weight excluding hydrogens is 256 g/mol. The molecule has 20 heavy (non-hydrogen) atoms. The zero-order valence-corrected chi connectivity index (χ0v) is 12.7. The molecule has 3 unspecified atom stereocenters. The highest BCUT2D eigenvalue weighted by atomic mass is 16.5. The number of carbonyl (C=O) groups is 1. The Morgan fingerprint density at radius 3 is 2.70 bits per heavy atom. The fraction of sp³-hybridized carbons (Fsp3) is 0.933. The summed E-state index contributed by atoms with van der Waals surface area (Å²) in [5, 5.41) is 10.5. The Labute approximate surface area is 121 Å². The summed E-state index contributed by atoms with van der Waals surface area (Å²) in [4.78, 5) is 14.2. The fourth-order valence-corrected chi connectivity index (χ4v) is 3.44.